The summed E-state index contributed by atoms with van der Waals surface area (Å²) in [6.07, 6.45) is 4.05. The first-order chi connectivity index (χ1) is 15.3. The van der Waals surface area contributed by atoms with E-state index in [1.54, 1.807) is 0 Å². The van der Waals surface area contributed by atoms with Gasteiger partial charge in [-0.3, -0.25) is 4.79 Å². The van der Waals surface area contributed by atoms with Crippen molar-refractivity contribution in [1.82, 2.24) is 19.2 Å². The highest BCUT2D eigenvalue weighted by Crippen LogP contribution is 2.32. The number of nitrogens with zero attached hydrogens (tertiary/aromatic N) is 4. The second-order valence-corrected chi connectivity index (χ2v) is 9.58. The zero-order valence-corrected chi connectivity index (χ0v) is 19.0. The molecule has 5 heteroatoms. The maximum atomic E-state index is 13.3. The summed E-state index contributed by atoms with van der Waals surface area (Å²) in [6, 6.07) is 20.4. The van der Waals surface area contributed by atoms with Crippen LogP contribution in [0.1, 0.15) is 53.5 Å². The Labute approximate surface area is 188 Å². The van der Waals surface area contributed by atoms with Crippen molar-refractivity contribution in [3.05, 3.63) is 101 Å². The third-order valence-electron chi connectivity index (χ3n) is 6.11. The molecule has 0 bridgehead atoms. The molecule has 5 rings (SSSR count). The Morgan fingerprint density at radius 2 is 1.66 bits per heavy atom. The first-order valence-electron chi connectivity index (χ1n) is 11.0. The van der Waals surface area contributed by atoms with E-state index >= 15 is 0 Å². The normalized spacial score (nSPS) is 13.4. The third kappa shape index (κ3) is 3.54. The molecule has 2 aromatic heterocycles. The van der Waals surface area contributed by atoms with Crippen molar-refractivity contribution >= 4 is 5.91 Å². The van der Waals surface area contributed by atoms with Gasteiger partial charge in [-0.15, -0.1) is 0 Å². The van der Waals surface area contributed by atoms with Crippen molar-refractivity contribution in [1.29, 1.82) is 0 Å². The lowest BCUT2D eigenvalue weighted by Gasteiger charge is -2.20. The van der Waals surface area contributed by atoms with Crippen molar-refractivity contribution in [2.45, 2.75) is 46.2 Å². The summed E-state index contributed by atoms with van der Waals surface area (Å²) in [5, 5.41) is 4.93. The van der Waals surface area contributed by atoms with Gasteiger partial charge in [-0.2, -0.15) is 5.10 Å². The highest BCUT2D eigenvalue weighted by atomic mass is 16.2. The summed E-state index contributed by atoms with van der Waals surface area (Å²) in [7, 11) is 0. The molecule has 0 saturated heterocycles. The van der Waals surface area contributed by atoms with Gasteiger partial charge in [-0.05, 0) is 59.9 Å². The van der Waals surface area contributed by atoms with Crippen LogP contribution in [0, 0.1) is 6.92 Å². The van der Waals surface area contributed by atoms with Gasteiger partial charge >= 0.3 is 0 Å². The van der Waals surface area contributed by atoms with Gasteiger partial charge in [0.15, 0.2) is 0 Å². The number of benzene rings is 2. The molecule has 0 aliphatic carbocycles. The topological polar surface area (TPSA) is 43.1 Å². The van der Waals surface area contributed by atoms with Crippen LogP contribution in [0.2, 0.25) is 0 Å². The quantitative estimate of drug-likeness (QED) is 0.440. The van der Waals surface area contributed by atoms with Crippen molar-refractivity contribution < 1.29 is 4.79 Å². The summed E-state index contributed by atoms with van der Waals surface area (Å²) >= 11 is 0. The van der Waals surface area contributed by atoms with E-state index in [0.29, 0.717) is 13.1 Å². The third-order valence-corrected chi connectivity index (χ3v) is 6.11. The number of aromatic nitrogens is 3. The van der Waals surface area contributed by atoms with Gasteiger partial charge in [-0.25, -0.2) is 4.68 Å². The van der Waals surface area contributed by atoms with Crippen LogP contribution in [-0.2, 0) is 18.5 Å². The molecule has 0 fully saturated rings. The lowest BCUT2D eigenvalue weighted by Crippen LogP contribution is -2.26. The Morgan fingerprint density at radius 1 is 0.938 bits per heavy atom. The van der Waals surface area contributed by atoms with Gasteiger partial charge < -0.3 is 9.47 Å². The second-order valence-electron chi connectivity index (χ2n) is 9.58. The van der Waals surface area contributed by atoms with Crippen LogP contribution in [0.5, 0.6) is 0 Å². The fourth-order valence-corrected chi connectivity index (χ4v) is 4.32. The van der Waals surface area contributed by atoms with Crippen LogP contribution < -0.4 is 0 Å². The fraction of sp³-hybridized carbons (Fsp3) is 0.259. The average Bonchev–Trinajstić information content (AvgIpc) is 3.48. The first-order valence-corrected chi connectivity index (χ1v) is 11.0. The number of fused-ring (bicyclic) bond motifs is 1. The van der Waals surface area contributed by atoms with E-state index in [1.165, 1.54) is 11.1 Å². The van der Waals surface area contributed by atoms with E-state index in [2.05, 4.69) is 62.6 Å². The van der Waals surface area contributed by atoms with Crippen molar-refractivity contribution in [3.63, 3.8) is 0 Å². The highest BCUT2D eigenvalue weighted by molar-refractivity contribution is 5.94. The number of rotatable bonds is 3. The first kappa shape index (κ1) is 20.3. The Balaban J connectivity index is 1.48. The minimum Gasteiger partial charge on any atom is -0.328 e. The van der Waals surface area contributed by atoms with E-state index in [0.717, 1.165) is 28.3 Å². The largest absolute Gasteiger partial charge is 0.328 e. The molecule has 1 amide bonds. The van der Waals surface area contributed by atoms with E-state index in [4.69, 9.17) is 5.10 Å². The lowest BCUT2D eigenvalue weighted by atomic mass is 9.86. The Hall–Kier alpha value is -3.60. The zero-order chi connectivity index (χ0) is 22.5. The number of amides is 1. The summed E-state index contributed by atoms with van der Waals surface area (Å²) in [4.78, 5) is 15.1. The van der Waals surface area contributed by atoms with Gasteiger partial charge in [0, 0.05) is 23.5 Å². The molecule has 3 heterocycles. The molecule has 2 aromatic carbocycles. The molecule has 0 saturated carbocycles. The lowest BCUT2D eigenvalue weighted by molar-refractivity contribution is 0.0749. The Morgan fingerprint density at radius 3 is 2.31 bits per heavy atom. The summed E-state index contributed by atoms with van der Waals surface area (Å²) in [6.45, 7) is 9.69. The van der Waals surface area contributed by atoms with E-state index in [1.807, 2.05) is 52.3 Å². The van der Waals surface area contributed by atoms with Gasteiger partial charge in [0.2, 0.25) is 0 Å². The number of hydrogen-bond acceptors (Lipinski definition) is 2. The van der Waals surface area contributed by atoms with E-state index in [9.17, 15) is 4.79 Å². The zero-order valence-electron chi connectivity index (χ0n) is 19.0. The summed E-state index contributed by atoms with van der Waals surface area (Å²) < 4.78 is 4.08. The van der Waals surface area contributed by atoms with Crippen molar-refractivity contribution in [2.24, 2.45) is 0 Å². The average molecular weight is 425 g/mol. The fourth-order valence-electron chi connectivity index (χ4n) is 4.32. The summed E-state index contributed by atoms with van der Waals surface area (Å²) in [5.74, 6) is 1.04. The molecule has 0 unspecified atom stereocenters. The Bertz CT molecular complexity index is 1270. The van der Waals surface area contributed by atoms with Crippen LogP contribution in [0.15, 0.2) is 73.1 Å². The summed E-state index contributed by atoms with van der Waals surface area (Å²) in [5.41, 5.74) is 6.28. The predicted octanol–water partition coefficient (Wildman–Crippen LogP) is 5.42. The standard InChI is InChI=1S/C27H28N4O/c1-19-8-7-9-22(16-19)31-25(29-14-5-6-15-29)23-17-30(18-24(23)28-31)26(32)20-10-12-21(13-11-20)27(2,3)4/h5-16H,17-18H2,1-4H3. The maximum absolute atomic E-state index is 13.3. The van der Waals surface area contributed by atoms with Gasteiger partial charge in [0.05, 0.1) is 24.5 Å². The van der Waals surface area contributed by atoms with Crippen LogP contribution in [-0.4, -0.2) is 25.2 Å². The molecule has 1 aliphatic heterocycles. The van der Waals surface area contributed by atoms with Crippen LogP contribution in [0.25, 0.3) is 11.5 Å². The molecule has 162 valence electrons. The predicted molar refractivity (Wildman–Crippen MR) is 126 cm³/mol. The van der Waals surface area contributed by atoms with Crippen molar-refractivity contribution in [2.75, 3.05) is 0 Å². The molecule has 1 aliphatic rings. The molecule has 4 aromatic rings. The highest BCUT2D eigenvalue weighted by Gasteiger charge is 2.32. The van der Waals surface area contributed by atoms with E-state index < -0.39 is 0 Å². The van der Waals surface area contributed by atoms with Crippen LogP contribution in [0.3, 0.4) is 0 Å². The van der Waals surface area contributed by atoms with Crippen LogP contribution in [0.4, 0.5) is 0 Å². The molecule has 0 N–H and O–H groups in total. The number of aryl methyl sites for hydroxylation is 1. The molecular formula is C27H28N4O. The van der Waals surface area contributed by atoms with Gasteiger partial charge in [0.25, 0.3) is 5.91 Å². The monoisotopic (exact) mass is 424 g/mol. The molecule has 5 nitrogen and oxygen atoms in total. The Kier molecular flexibility index (Phi) is 4.77. The molecule has 0 atom stereocenters. The van der Waals surface area contributed by atoms with Gasteiger partial charge in [-0.1, -0.05) is 45.0 Å². The minimum atomic E-state index is 0.0454. The molecule has 0 radical (unpaired) electrons. The number of hydrogen-bond donors (Lipinski definition) is 0. The second kappa shape index (κ2) is 7.52. The molecule has 32 heavy (non-hydrogen) atoms. The van der Waals surface area contributed by atoms with Gasteiger partial charge in [0.1, 0.15) is 5.82 Å². The number of carbonyl (C=O) groups is 1. The molecular weight excluding hydrogens is 396 g/mol. The van der Waals surface area contributed by atoms with Crippen LogP contribution >= 0.6 is 0 Å². The van der Waals surface area contributed by atoms with Crippen molar-refractivity contribution in [3.8, 4) is 11.5 Å². The maximum Gasteiger partial charge on any atom is 0.254 e. The number of carbonyl (C=O) groups excluding carboxylic acids is 1. The van der Waals surface area contributed by atoms with E-state index in [-0.39, 0.29) is 11.3 Å². The minimum absolute atomic E-state index is 0.0454. The SMILES string of the molecule is Cc1cccc(-n2nc3c(c2-n2cccc2)CN(C(=O)c2ccc(C(C)(C)C)cc2)C3)c1. The smallest absolute Gasteiger partial charge is 0.254 e. The molecule has 0 spiro atoms.